The van der Waals surface area contributed by atoms with E-state index in [9.17, 15) is 8.42 Å². The van der Waals surface area contributed by atoms with Crippen LogP contribution >= 0.6 is 22.9 Å². The second kappa shape index (κ2) is 5.73. The van der Waals surface area contributed by atoms with Crippen molar-refractivity contribution in [3.8, 4) is 0 Å². The fourth-order valence-electron chi connectivity index (χ4n) is 1.85. The summed E-state index contributed by atoms with van der Waals surface area (Å²) >= 11 is 7.23. The Morgan fingerprint density at radius 1 is 1.10 bits per heavy atom. The van der Waals surface area contributed by atoms with E-state index in [1.165, 1.54) is 23.5 Å². The third kappa shape index (κ3) is 3.24. The van der Waals surface area contributed by atoms with Gasteiger partial charge in [-0.05, 0) is 36.4 Å². The van der Waals surface area contributed by atoms with Gasteiger partial charge in [0.1, 0.15) is 5.01 Å². The molecule has 7 heteroatoms. The Hall–Kier alpha value is -1.47. The molecular weight excluding hydrogens is 328 g/mol. The van der Waals surface area contributed by atoms with Gasteiger partial charge in [-0.25, -0.2) is 18.1 Å². The standard InChI is InChI=1S/C14H11ClN2O2S2/c15-10-5-7-11(8-6-10)21(18,19)16-9-14-17-12-3-1-2-4-13(12)20-14/h1-8,16H,9H2. The largest absolute Gasteiger partial charge is 0.240 e. The lowest BCUT2D eigenvalue weighted by Gasteiger charge is -2.04. The number of halogens is 1. The summed E-state index contributed by atoms with van der Waals surface area (Å²) in [5.41, 5.74) is 0.878. The predicted octanol–water partition coefficient (Wildman–Crippen LogP) is 3.43. The van der Waals surface area contributed by atoms with Crippen LogP contribution in [0.2, 0.25) is 5.02 Å². The molecule has 108 valence electrons. The highest BCUT2D eigenvalue weighted by molar-refractivity contribution is 7.89. The fraction of sp³-hybridized carbons (Fsp3) is 0.0714. The molecule has 0 aliphatic rings. The number of hydrogen-bond acceptors (Lipinski definition) is 4. The molecule has 0 saturated carbocycles. The Labute approximate surface area is 131 Å². The van der Waals surface area contributed by atoms with Crippen LogP contribution in [0.1, 0.15) is 5.01 Å². The third-order valence-corrected chi connectivity index (χ3v) is 5.58. The molecule has 1 aromatic heterocycles. The quantitative estimate of drug-likeness (QED) is 0.792. The number of nitrogens with one attached hydrogen (secondary N) is 1. The van der Waals surface area contributed by atoms with Crippen LogP contribution in [-0.2, 0) is 16.6 Å². The van der Waals surface area contributed by atoms with E-state index in [0.29, 0.717) is 5.02 Å². The summed E-state index contributed by atoms with van der Waals surface area (Å²) in [4.78, 5) is 4.58. The lowest BCUT2D eigenvalue weighted by atomic mass is 10.3. The average Bonchev–Trinajstić information content (AvgIpc) is 2.89. The third-order valence-electron chi connectivity index (χ3n) is 2.88. The Bertz CT molecular complexity index is 840. The topological polar surface area (TPSA) is 59.1 Å². The van der Waals surface area contributed by atoms with E-state index in [2.05, 4.69) is 9.71 Å². The van der Waals surface area contributed by atoms with Crippen LogP contribution in [0.3, 0.4) is 0 Å². The molecule has 1 heterocycles. The van der Waals surface area contributed by atoms with Crippen molar-refractivity contribution >= 4 is 43.2 Å². The highest BCUT2D eigenvalue weighted by atomic mass is 35.5. The SMILES string of the molecule is O=S(=O)(NCc1nc2ccccc2s1)c1ccc(Cl)cc1. The highest BCUT2D eigenvalue weighted by Crippen LogP contribution is 2.22. The number of rotatable bonds is 4. The van der Waals surface area contributed by atoms with Crippen molar-refractivity contribution in [1.82, 2.24) is 9.71 Å². The lowest BCUT2D eigenvalue weighted by molar-refractivity contribution is 0.581. The van der Waals surface area contributed by atoms with E-state index < -0.39 is 10.0 Å². The van der Waals surface area contributed by atoms with Gasteiger partial charge in [0.2, 0.25) is 10.0 Å². The molecule has 0 atom stereocenters. The van der Waals surface area contributed by atoms with Crippen LogP contribution in [0.15, 0.2) is 53.4 Å². The van der Waals surface area contributed by atoms with Crippen LogP contribution in [0.25, 0.3) is 10.2 Å². The molecule has 0 fully saturated rings. The molecule has 1 N–H and O–H groups in total. The van der Waals surface area contributed by atoms with E-state index in [0.717, 1.165) is 15.2 Å². The summed E-state index contributed by atoms with van der Waals surface area (Å²) < 4.78 is 27.9. The number of para-hydroxylation sites is 1. The number of thiazole rings is 1. The fourth-order valence-corrected chi connectivity index (χ4v) is 3.96. The van der Waals surface area contributed by atoms with Crippen molar-refractivity contribution in [3.05, 3.63) is 58.6 Å². The summed E-state index contributed by atoms with van der Waals surface area (Å²) in [5, 5.41) is 1.23. The number of aromatic nitrogens is 1. The minimum atomic E-state index is -3.55. The van der Waals surface area contributed by atoms with E-state index in [1.54, 1.807) is 12.1 Å². The van der Waals surface area contributed by atoms with Crippen LogP contribution < -0.4 is 4.72 Å². The van der Waals surface area contributed by atoms with Crippen molar-refractivity contribution < 1.29 is 8.42 Å². The van der Waals surface area contributed by atoms with Crippen molar-refractivity contribution in [2.45, 2.75) is 11.4 Å². The smallest absolute Gasteiger partial charge is 0.240 e. The van der Waals surface area contributed by atoms with Gasteiger partial charge >= 0.3 is 0 Å². The van der Waals surface area contributed by atoms with Gasteiger partial charge in [0, 0.05) is 5.02 Å². The molecule has 0 radical (unpaired) electrons. The molecule has 0 aliphatic carbocycles. The summed E-state index contributed by atoms with van der Waals surface area (Å²) in [7, 11) is -3.55. The molecule has 0 aliphatic heterocycles. The van der Waals surface area contributed by atoms with Crippen LogP contribution in [0.4, 0.5) is 0 Å². The molecule has 2 aromatic carbocycles. The van der Waals surface area contributed by atoms with Gasteiger partial charge in [0.15, 0.2) is 0 Å². The molecule has 4 nitrogen and oxygen atoms in total. The molecule has 0 saturated heterocycles. The maximum absolute atomic E-state index is 12.2. The van der Waals surface area contributed by atoms with E-state index >= 15 is 0 Å². The minimum Gasteiger partial charge on any atom is -0.240 e. The number of nitrogens with zero attached hydrogens (tertiary/aromatic N) is 1. The van der Waals surface area contributed by atoms with Crippen LogP contribution in [0.5, 0.6) is 0 Å². The molecule has 0 spiro atoms. The molecular formula is C14H11ClN2O2S2. The number of benzene rings is 2. The lowest BCUT2D eigenvalue weighted by Crippen LogP contribution is -2.23. The first-order chi connectivity index (χ1) is 10.0. The summed E-state index contributed by atoms with van der Waals surface area (Å²) in [6.07, 6.45) is 0. The van der Waals surface area contributed by atoms with Gasteiger partial charge in [0.05, 0.1) is 21.7 Å². The summed E-state index contributed by atoms with van der Waals surface area (Å²) in [6.45, 7) is 0.171. The second-order valence-corrected chi connectivity index (χ2v) is 7.67. The first-order valence-electron chi connectivity index (χ1n) is 6.14. The zero-order valence-corrected chi connectivity index (χ0v) is 13.2. The zero-order valence-electron chi connectivity index (χ0n) is 10.8. The average molecular weight is 339 g/mol. The maximum Gasteiger partial charge on any atom is 0.240 e. The second-order valence-electron chi connectivity index (χ2n) is 4.35. The van der Waals surface area contributed by atoms with Gasteiger partial charge in [-0.15, -0.1) is 11.3 Å². The van der Waals surface area contributed by atoms with Gasteiger partial charge < -0.3 is 0 Å². The molecule has 3 aromatic rings. The van der Waals surface area contributed by atoms with Crippen LogP contribution in [-0.4, -0.2) is 13.4 Å². The van der Waals surface area contributed by atoms with Gasteiger partial charge in [0.25, 0.3) is 0 Å². The van der Waals surface area contributed by atoms with E-state index in [-0.39, 0.29) is 11.4 Å². The van der Waals surface area contributed by atoms with Crippen molar-refractivity contribution in [1.29, 1.82) is 0 Å². The number of fused-ring (bicyclic) bond motifs is 1. The van der Waals surface area contributed by atoms with E-state index in [4.69, 9.17) is 11.6 Å². The zero-order chi connectivity index (χ0) is 14.9. The molecule has 3 rings (SSSR count). The Morgan fingerprint density at radius 2 is 1.81 bits per heavy atom. The Morgan fingerprint density at radius 3 is 2.52 bits per heavy atom. The van der Waals surface area contributed by atoms with Crippen molar-refractivity contribution in [2.24, 2.45) is 0 Å². The molecule has 21 heavy (non-hydrogen) atoms. The Balaban J connectivity index is 1.78. The van der Waals surface area contributed by atoms with Crippen molar-refractivity contribution in [2.75, 3.05) is 0 Å². The van der Waals surface area contributed by atoms with Gasteiger partial charge in [-0.1, -0.05) is 23.7 Å². The highest BCUT2D eigenvalue weighted by Gasteiger charge is 2.14. The normalized spacial score (nSPS) is 11.9. The molecule has 0 amide bonds. The summed E-state index contributed by atoms with van der Waals surface area (Å²) in [6, 6.07) is 13.8. The number of hydrogen-bond donors (Lipinski definition) is 1. The van der Waals surface area contributed by atoms with Gasteiger partial charge in [-0.3, -0.25) is 0 Å². The predicted molar refractivity (Wildman–Crippen MR) is 85.1 cm³/mol. The first kappa shape index (κ1) is 14.5. The number of sulfonamides is 1. The van der Waals surface area contributed by atoms with E-state index in [1.807, 2.05) is 24.3 Å². The maximum atomic E-state index is 12.2. The monoisotopic (exact) mass is 338 g/mol. The van der Waals surface area contributed by atoms with Crippen molar-refractivity contribution in [3.63, 3.8) is 0 Å². The van der Waals surface area contributed by atoms with Gasteiger partial charge in [-0.2, -0.15) is 0 Å². The summed E-state index contributed by atoms with van der Waals surface area (Å²) in [5.74, 6) is 0. The molecule has 0 unspecified atom stereocenters. The van der Waals surface area contributed by atoms with Crippen LogP contribution in [0, 0.1) is 0 Å². The first-order valence-corrected chi connectivity index (χ1v) is 8.82. The minimum absolute atomic E-state index is 0.171. The molecule has 0 bridgehead atoms. The Kier molecular flexibility index (Phi) is 3.95.